The number of nitrogens with zero attached hydrogens (tertiary/aromatic N) is 3. The first kappa shape index (κ1) is 13.4. The minimum atomic E-state index is -3.48. The summed E-state index contributed by atoms with van der Waals surface area (Å²) in [5.41, 5.74) is 0. The molecule has 2 atom stereocenters. The summed E-state index contributed by atoms with van der Waals surface area (Å²) in [5, 5.41) is 8.76. The third kappa shape index (κ3) is 2.54. The van der Waals surface area contributed by atoms with E-state index in [1.54, 1.807) is 6.92 Å². The standard InChI is InChI=1S/C10H19N3O2S/c1-9-6-4-5-7-13(9)16(14,15)12(3)10(2)8-11/h9-10H,4-7H2,1-3H3. The zero-order chi connectivity index (χ0) is 12.3. The lowest BCUT2D eigenvalue weighted by Gasteiger charge is -2.35. The third-order valence-electron chi connectivity index (χ3n) is 3.13. The van der Waals surface area contributed by atoms with Crippen LogP contribution in [0.3, 0.4) is 0 Å². The molecule has 1 saturated heterocycles. The lowest BCUT2D eigenvalue weighted by molar-refractivity contribution is 0.247. The molecule has 5 nitrogen and oxygen atoms in total. The number of hydrogen-bond donors (Lipinski definition) is 0. The molecule has 0 spiro atoms. The first-order chi connectivity index (χ1) is 7.41. The summed E-state index contributed by atoms with van der Waals surface area (Å²) in [7, 11) is -2.02. The van der Waals surface area contributed by atoms with E-state index in [0.717, 1.165) is 23.6 Å². The Morgan fingerprint density at radius 2 is 2.12 bits per heavy atom. The molecule has 16 heavy (non-hydrogen) atoms. The van der Waals surface area contributed by atoms with Crippen LogP contribution in [0, 0.1) is 11.3 Å². The van der Waals surface area contributed by atoms with Crippen LogP contribution >= 0.6 is 0 Å². The molecule has 0 N–H and O–H groups in total. The topological polar surface area (TPSA) is 64.4 Å². The smallest absolute Gasteiger partial charge is 0.197 e. The van der Waals surface area contributed by atoms with Gasteiger partial charge < -0.3 is 0 Å². The van der Waals surface area contributed by atoms with Crippen molar-refractivity contribution < 1.29 is 8.42 Å². The summed E-state index contributed by atoms with van der Waals surface area (Å²) < 4.78 is 27.0. The maximum Gasteiger partial charge on any atom is 0.283 e. The van der Waals surface area contributed by atoms with Gasteiger partial charge in [0.05, 0.1) is 6.07 Å². The highest BCUT2D eigenvalue weighted by Crippen LogP contribution is 2.22. The number of rotatable bonds is 3. The van der Waals surface area contributed by atoms with E-state index in [0.29, 0.717) is 6.54 Å². The van der Waals surface area contributed by atoms with Crippen molar-refractivity contribution in [2.45, 2.75) is 45.2 Å². The lowest BCUT2D eigenvalue weighted by Crippen LogP contribution is -2.50. The van der Waals surface area contributed by atoms with Crippen LogP contribution in [0.25, 0.3) is 0 Å². The summed E-state index contributed by atoms with van der Waals surface area (Å²) in [5.74, 6) is 0. The zero-order valence-electron chi connectivity index (χ0n) is 10.0. The van der Waals surface area contributed by atoms with Gasteiger partial charge in [0.15, 0.2) is 0 Å². The first-order valence-electron chi connectivity index (χ1n) is 5.55. The Bertz CT molecular complexity index is 374. The highest BCUT2D eigenvalue weighted by atomic mass is 32.2. The van der Waals surface area contributed by atoms with Crippen molar-refractivity contribution in [3.8, 4) is 6.07 Å². The van der Waals surface area contributed by atoms with E-state index in [1.807, 2.05) is 13.0 Å². The summed E-state index contributed by atoms with van der Waals surface area (Å²) in [6.07, 6.45) is 2.87. The van der Waals surface area contributed by atoms with Gasteiger partial charge >= 0.3 is 0 Å². The van der Waals surface area contributed by atoms with Crippen molar-refractivity contribution in [2.75, 3.05) is 13.6 Å². The van der Waals surface area contributed by atoms with E-state index in [2.05, 4.69) is 0 Å². The van der Waals surface area contributed by atoms with Crippen LogP contribution in [0.2, 0.25) is 0 Å². The second kappa shape index (κ2) is 5.13. The van der Waals surface area contributed by atoms with Crippen LogP contribution in [-0.2, 0) is 10.2 Å². The van der Waals surface area contributed by atoms with E-state index in [1.165, 1.54) is 11.4 Å². The Hall–Kier alpha value is -0.640. The molecular weight excluding hydrogens is 226 g/mol. The number of hydrogen-bond acceptors (Lipinski definition) is 3. The molecule has 0 bridgehead atoms. The van der Waals surface area contributed by atoms with Crippen LogP contribution in [0.4, 0.5) is 0 Å². The number of nitriles is 1. The molecule has 0 amide bonds. The van der Waals surface area contributed by atoms with Gasteiger partial charge in [0.1, 0.15) is 6.04 Å². The van der Waals surface area contributed by atoms with Crippen molar-refractivity contribution in [1.82, 2.24) is 8.61 Å². The van der Waals surface area contributed by atoms with Crippen molar-refractivity contribution in [3.63, 3.8) is 0 Å². The molecule has 0 aromatic heterocycles. The largest absolute Gasteiger partial charge is 0.283 e. The van der Waals surface area contributed by atoms with Gasteiger partial charge in [-0.15, -0.1) is 0 Å². The quantitative estimate of drug-likeness (QED) is 0.743. The highest BCUT2D eigenvalue weighted by Gasteiger charge is 2.34. The summed E-state index contributed by atoms with van der Waals surface area (Å²) in [4.78, 5) is 0. The SMILES string of the molecule is CC(C#N)N(C)S(=O)(=O)N1CCCCC1C. The molecule has 1 heterocycles. The fourth-order valence-corrected chi connectivity index (χ4v) is 3.56. The molecule has 0 radical (unpaired) electrons. The van der Waals surface area contributed by atoms with E-state index in [4.69, 9.17) is 5.26 Å². The van der Waals surface area contributed by atoms with Crippen molar-refractivity contribution in [1.29, 1.82) is 5.26 Å². The van der Waals surface area contributed by atoms with Gasteiger partial charge in [-0.25, -0.2) is 0 Å². The van der Waals surface area contributed by atoms with Gasteiger partial charge in [-0.2, -0.15) is 22.3 Å². The molecule has 1 aliphatic rings. The molecule has 0 saturated carbocycles. The Balaban J connectivity index is 2.88. The molecule has 92 valence electrons. The normalized spacial score (nSPS) is 25.3. The van der Waals surface area contributed by atoms with Gasteiger partial charge in [0.2, 0.25) is 0 Å². The predicted molar refractivity (Wildman–Crippen MR) is 61.8 cm³/mol. The summed E-state index contributed by atoms with van der Waals surface area (Å²) >= 11 is 0. The minimum Gasteiger partial charge on any atom is -0.197 e. The molecule has 6 heteroatoms. The van der Waals surface area contributed by atoms with Gasteiger partial charge in [-0.05, 0) is 26.7 Å². The highest BCUT2D eigenvalue weighted by molar-refractivity contribution is 7.86. The molecule has 0 aromatic rings. The second-order valence-electron chi connectivity index (χ2n) is 4.28. The Labute approximate surface area is 97.8 Å². The average Bonchev–Trinajstić information content (AvgIpc) is 2.27. The first-order valence-corrected chi connectivity index (χ1v) is 6.95. The number of piperidine rings is 1. The maximum atomic E-state index is 12.2. The lowest BCUT2D eigenvalue weighted by atomic mass is 10.1. The average molecular weight is 245 g/mol. The molecule has 1 fully saturated rings. The van der Waals surface area contributed by atoms with E-state index in [-0.39, 0.29) is 6.04 Å². The summed E-state index contributed by atoms with van der Waals surface area (Å²) in [6.45, 7) is 4.07. The van der Waals surface area contributed by atoms with E-state index < -0.39 is 16.3 Å². The molecule has 2 unspecified atom stereocenters. The third-order valence-corrected chi connectivity index (χ3v) is 5.31. The zero-order valence-corrected chi connectivity index (χ0v) is 10.9. The molecule has 1 rings (SSSR count). The van der Waals surface area contributed by atoms with Crippen molar-refractivity contribution in [3.05, 3.63) is 0 Å². The van der Waals surface area contributed by atoms with Crippen LogP contribution in [0.15, 0.2) is 0 Å². The Morgan fingerprint density at radius 3 is 2.62 bits per heavy atom. The molecular formula is C10H19N3O2S. The second-order valence-corrected chi connectivity index (χ2v) is 6.23. The molecule has 0 aromatic carbocycles. The van der Waals surface area contributed by atoms with Crippen molar-refractivity contribution in [2.24, 2.45) is 0 Å². The van der Waals surface area contributed by atoms with Crippen LogP contribution in [0.5, 0.6) is 0 Å². The summed E-state index contributed by atoms with van der Waals surface area (Å²) in [6, 6.07) is 1.35. The van der Waals surface area contributed by atoms with Crippen molar-refractivity contribution >= 4 is 10.2 Å². The molecule has 0 aliphatic carbocycles. The monoisotopic (exact) mass is 245 g/mol. The predicted octanol–water partition coefficient (Wildman–Crippen LogP) is 0.949. The van der Waals surface area contributed by atoms with Crippen LogP contribution in [-0.4, -0.2) is 42.7 Å². The van der Waals surface area contributed by atoms with Gasteiger partial charge in [-0.1, -0.05) is 6.42 Å². The van der Waals surface area contributed by atoms with E-state index >= 15 is 0 Å². The van der Waals surface area contributed by atoms with Crippen LogP contribution in [0.1, 0.15) is 33.1 Å². The van der Waals surface area contributed by atoms with Gasteiger partial charge in [0, 0.05) is 19.6 Å². The fourth-order valence-electron chi connectivity index (χ4n) is 1.86. The van der Waals surface area contributed by atoms with Gasteiger partial charge in [0.25, 0.3) is 10.2 Å². The minimum absolute atomic E-state index is 0.0343. The Kier molecular flexibility index (Phi) is 4.30. The maximum absolute atomic E-state index is 12.2. The van der Waals surface area contributed by atoms with E-state index in [9.17, 15) is 8.42 Å². The molecule has 1 aliphatic heterocycles. The van der Waals surface area contributed by atoms with Crippen LogP contribution < -0.4 is 0 Å². The fraction of sp³-hybridized carbons (Fsp3) is 0.900. The Morgan fingerprint density at radius 1 is 1.50 bits per heavy atom. The van der Waals surface area contributed by atoms with Gasteiger partial charge in [-0.3, -0.25) is 0 Å².